The highest BCUT2D eigenvalue weighted by Crippen LogP contribution is 2.17. The number of benzene rings is 1. The van der Waals surface area contributed by atoms with E-state index in [1.165, 1.54) is 11.1 Å². The van der Waals surface area contributed by atoms with Crippen molar-refractivity contribution in [2.75, 3.05) is 5.75 Å². The number of hydrogen-bond acceptors (Lipinski definition) is 2. The second-order valence-corrected chi connectivity index (χ2v) is 4.40. The van der Waals surface area contributed by atoms with Crippen molar-refractivity contribution in [2.24, 2.45) is 4.99 Å². The molecular weight excluding hydrogens is 194 g/mol. The Morgan fingerprint density at radius 1 is 1.36 bits per heavy atom. The van der Waals surface area contributed by atoms with Crippen LogP contribution in [0.15, 0.2) is 29.3 Å². The summed E-state index contributed by atoms with van der Waals surface area (Å²) in [6, 6.07) is 8.33. The van der Waals surface area contributed by atoms with Gasteiger partial charge in [-0.2, -0.15) is 0 Å². The first-order valence-electron chi connectivity index (χ1n) is 4.53. The zero-order valence-corrected chi connectivity index (χ0v) is 8.80. The maximum Gasteiger partial charge on any atom is 0.256 e. The highest BCUT2D eigenvalue weighted by atomic mass is 32.2. The fourth-order valence-electron chi connectivity index (χ4n) is 1.32. The lowest BCUT2D eigenvalue weighted by molar-refractivity contribution is -0.115. The third kappa shape index (κ3) is 2.23. The molecule has 3 heteroatoms. The Labute approximate surface area is 87.4 Å². The quantitative estimate of drug-likeness (QED) is 0.740. The van der Waals surface area contributed by atoms with Gasteiger partial charge in [0.05, 0.1) is 10.8 Å². The molecule has 0 unspecified atom stereocenters. The second kappa shape index (κ2) is 3.96. The van der Waals surface area contributed by atoms with Gasteiger partial charge < -0.3 is 0 Å². The van der Waals surface area contributed by atoms with Crippen molar-refractivity contribution in [1.29, 1.82) is 0 Å². The molecule has 0 spiro atoms. The summed E-state index contributed by atoms with van der Waals surface area (Å²) < 4.78 is 0. The fourth-order valence-corrected chi connectivity index (χ4v) is 2.11. The minimum atomic E-state index is -0.00267. The van der Waals surface area contributed by atoms with E-state index in [0.717, 1.165) is 11.5 Å². The normalized spacial score (nSPS) is 15.8. The molecule has 0 bridgehead atoms. The molecule has 0 aliphatic carbocycles. The molecule has 0 N–H and O–H groups in total. The van der Waals surface area contributed by atoms with Crippen LogP contribution >= 0.6 is 11.8 Å². The molecule has 1 aliphatic heterocycles. The number of carbonyl (C=O) groups is 1. The van der Waals surface area contributed by atoms with Crippen LogP contribution < -0.4 is 0 Å². The average molecular weight is 205 g/mol. The number of carbonyl (C=O) groups excluding carboxylic acids is 1. The summed E-state index contributed by atoms with van der Waals surface area (Å²) in [4.78, 5) is 14.8. The summed E-state index contributed by atoms with van der Waals surface area (Å²) in [5, 5.41) is 0.943. The van der Waals surface area contributed by atoms with Crippen LogP contribution in [0.2, 0.25) is 0 Å². The van der Waals surface area contributed by atoms with E-state index in [1.54, 1.807) is 11.8 Å². The number of nitrogens with zero attached hydrogens (tertiary/aromatic N) is 1. The van der Waals surface area contributed by atoms with Crippen LogP contribution in [0.4, 0.5) is 0 Å². The SMILES string of the molecule is Cc1ccc(CC2=NC(=O)CS2)cc1. The van der Waals surface area contributed by atoms with E-state index in [-0.39, 0.29) is 5.91 Å². The van der Waals surface area contributed by atoms with Crippen molar-refractivity contribution >= 4 is 22.7 Å². The molecule has 1 heterocycles. The van der Waals surface area contributed by atoms with E-state index in [0.29, 0.717) is 5.75 Å². The van der Waals surface area contributed by atoms with Crippen LogP contribution in [-0.4, -0.2) is 16.7 Å². The summed E-state index contributed by atoms with van der Waals surface area (Å²) in [5.41, 5.74) is 2.47. The van der Waals surface area contributed by atoms with Crippen molar-refractivity contribution in [3.05, 3.63) is 35.4 Å². The Kier molecular flexibility index (Phi) is 2.68. The predicted molar refractivity (Wildman–Crippen MR) is 59.8 cm³/mol. The Morgan fingerprint density at radius 2 is 2.07 bits per heavy atom. The first-order valence-corrected chi connectivity index (χ1v) is 5.51. The Bertz CT molecular complexity index is 381. The molecule has 1 aliphatic rings. The minimum absolute atomic E-state index is 0.00267. The molecule has 72 valence electrons. The second-order valence-electron chi connectivity index (χ2n) is 3.35. The first-order chi connectivity index (χ1) is 6.74. The van der Waals surface area contributed by atoms with Crippen molar-refractivity contribution in [2.45, 2.75) is 13.3 Å². The van der Waals surface area contributed by atoms with Crippen molar-refractivity contribution < 1.29 is 4.79 Å². The molecule has 0 radical (unpaired) electrons. The van der Waals surface area contributed by atoms with Crippen LogP contribution in [-0.2, 0) is 11.2 Å². The predicted octanol–water partition coefficient (Wildman–Crippen LogP) is 2.21. The lowest BCUT2D eigenvalue weighted by Gasteiger charge is -2.00. The van der Waals surface area contributed by atoms with E-state index in [2.05, 4.69) is 36.2 Å². The number of amides is 1. The van der Waals surface area contributed by atoms with Gasteiger partial charge in [0.15, 0.2) is 0 Å². The van der Waals surface area contributed by atoms with E-state index in [9.17, 15) is 4.79 Å². The van der Waals surface area contributed by atoms with E-state index >= 15 is 0 Å². The van der Waals surface area contributed by atoms with Crippen LogP contribution in [0.1, 0.15) is 11.1 Å². The third-order valence-electron chi connectivity index (χ3n) is 2.09. The molecule has 2 rings (SSSR count). The molecule has 0 saturated carbocycles. The third-order valence-corrected chi connectivity index (χ3v) is 3.05. The maximum atomic E-state index is 10.9. The molecule has 1 aromatic carbocycles. The van der Waals surface area contributed by atoms with Crippen LogP contribution in [0.3, 0.4) is 0 Å². The summed E-state index contributed by atoms with van der Waals surface area (Å²) in [6.45, 7) is 2.06. The molecule has 0 aromatic heterocycles. The molecule has 1 aromatic rings. The van der Waals surface area contributed by atoms with Gasteiger partial charge >= 0.3 is 0 Å². The van der Waals surface area contributed by atoms with Crippen molar-refractivity contribution in [1.82, 2.24) is 0 Å². The molecular formula is C11H11NOS. The first kappa shape index (κ1) is 9.46. The van der Waals surface area contributed by atoms with Gasteiger partial charge in [0.2, 0.25) is 0 Å². The van der Waals surface area contributed by atoms with Crippen molar-refractivity contribution in [3.63, 3.8) is 0 Å². The number of thioether (sulfide) groups is 1. The highest BCUT2D eigenvalue weighted by molar-refractivity contribution is 8.15. The lowest BCUT2D eigenvalue weighted by Crippen LogP contribution is -1.94. The Balaban J connectivity index is 2.08. The molecule has 14 heavy (non-hydrogen) atoms. The van der Waals surface area contributed by atoms with E-state index in [1.807, 2.05) is 0 Å². The molecule has 0 fully saturated rings. The van der Waals surface area contributed by atoms with Crippen LogP contribution in [0.25, 0.3) is 0 Å². The summed E-state index contributed by atoms with van der Waals surface area (Å²) >= 11 is 1.55. The standard InChI is InChI=1S/C11H11NOS/c1-8-2-4-9(5-3-8)6-11-12-10(13)7-14-11/h2-5H,6-7H2,1H3. The fraction of sp³-hybridized carbons (Fsp3) is 0.273. The minimum Gasteiger partial charge on any atom is -0.272 e. The topological polar surface area (TPSA) is 29.4 Å². The highest BCUT2D eigenvalue weighted by Gasteiger charge is 2.14. The monoisotopic (exact) mass is 205 g/mol. The molecule has 1 amide bonds. The lowest BCUT2D eigenvalue weighted by atomic mass is 10.1. The number of aliphatic imine (C=N–C) groups is 1. The van der Waals surface area contributed by atoms with Gasteiger partial charge in [-0.3, -0.25) is 4.79 Å². The number of hydrogen-bond donors (Lipinski definition) is 0. The summed E-state index contributed by atoms with van der Waals surface area (Å²) in [7, 11) is 0. The van der Waals surface area contributed by atoms with Crippen LogP contribution in [0, 0.1) is 6.92 Å². The zero-order chi connectivity index (χ0) is 9.97. The molecule has 0 atom stereocenters. The van der Waals surface area contributed by atoms with Gasteiger partial charge in [-0.1, -0.05) is 29.8 Å². The van der Waals surface area contributed by atoms with Crippen LogP contribution in [0.5, 0.6) is 0 Å². The Hall–Kier alpha value is -1.09. The smallest absolute Gasteiger partial charge is 0.256 e. The van der Waals surface area contributed by atoms with E-state index in [4.69, 9.17) is 0 Å². The van der Waals surface area contributed by atoms with Gasteiger partial charge in [0.1, 0.15) is 0 Å². The maximum absolute atomic E-state index is 10.9. The van der Waals surface area contributed by atoms with Gasteiger partial charge in [-0.05, 0) is 12.5 Å². The van der Waals surface area contributed by atoms with Gasteiger partial charge in [0.25, 0.3) is 5.91 Å². The summed E-state index contributed by atoms with van der Waals surface area (Å²) in [5.74, 6) is 0.512. The zero-order valence-electron chi connectivity index (χ0n) is 7.99. The average Bonchev–Trinajstić information content (AvgIpc) is 2.56. The van der Waals surface area contributed by atoms with Gasteiger partial charge in [-0.25, -0.2) is 4.99 Å². The molecule has 0 saturated heterocycles. The Morgan fingerprint density at radius 3 is 2.64 bits per heavy atom. The van der Waals surface area contributed by atoms with Gasteiger partial charge in [0, 0.05) is 6.42 Å². The summed E-state index contributed by atoms with van der Waals surface area (Å²) in [6.07, 6.45) is 0.788. The largest absolute Gasteiger partial charge is 0.272 e. The van der Waals surface area contributed by atoms with Crippen molar-refractivity contribution in [3.8, 4) is 0 Å². The number of aryl methyl sites for hydroxylation is 1. The van der Waals surface area contributed by atoms with E-state index < -0.39 is 0 Å². The van der Waals surface area contributed by atoms with Gasteiger partial charge in [-0.15, -0.1) is 11.8 Å². The number of rotatable bonds is 2. The molecule has 2 nitrogen and oxygen atoms in total.